The van der Waals surface area contributed by atoms with Crippen LogP contribution in [0.1, 0.15) is 25.2 Å². The summed E-state index contributed by atoms with van der Waals surface area (Å²) in [7, 11) is 1.63. The van der Waals surface area contributed by atoms with Gasteiger partial charge in [-0.1, -0.05) is 5.16 Å². The standard InChI is InChI=1S/C19H23N5O2/c1-6-24(7-2)17-11-15(25-5)10-16(21-17)19-22-18(23-26-19)14-8-12(3)20-13(4)9-14/h8-11H,6-7H2,1-5H3. The first-order valence-electron chi connectivity index (χ1n) is 8.64. The van der Waals surface area contributed by atoms with Crippen molar-refractivity contribution < 1.29 is 9.26 Å². The quantitative estimate of drug-likeness (QED) is 0.669. The Hall–Kier alpha value is -2.96. The molecule has 0 N–H and O–H groups in total. The Kier molecular flexibility index (Phi) is 5.16. The summed E-state index contributed by atoms with van der Waals surface area (Å²) in [6.45, 7) is 9.75. The third kappa shape index (κ3) is 3.66. The SMILES string of the molecule is CCN(CC)c1cc(OC)cc(-c2nc(-c3cc(C)nc(C)c3)no2)n1. The fraction of sp³-hybridized carbons (Fsp3) is 0.368. The van der Waals surface area contributed by atoms with E-state index in [0.29, 0.717) is 23.2 Å². The van der Waals surface area contributed by atoms with Gasteiger partial charge in [0.15, 0.2) is 0 Å². The van der Waals surface area contributed by atoms with Crippen molar-refractivity contribution in [2.45, 2.75) is 27.7 Å². The summed E-state index contributed by atoms with van der Waals surface area (Å²) in [5, 5.41) is 4.11. The Morgan fingerprint density at radius 2 is 1.65 bits per heavy atom. The minimum atomic E-state index is 0.361. The van der Waals surface area contributed by atoms with Crippen LogP contribution in [0.2, 0.25) is 0 Å². The van der Waals surface area contributed by atoms with Crippen molar-refractivity contribution in [3.63, 3.8) is 0 Å². The van der Waals surface area contributed by atoms with Gasteiger partial charge < -0.3 is 14.2 Å². The summed E-state index contributed by atoms with van der Waals surface area (Å²) >= 11 is 0. The number of hydrogen-bond acceptors (Lipinski definition) is 7. The third-order valence-electron chi connectivity index (χ3n) is 4.09. The van der Waals surface area contributed by atoms with Gasteiger partial charge in [-0.2, -0.15) is 4.98 Å². The average molecular weight is 353 g/mol. The van der Waals surface area contributed by atoms with Crippen molar-refractivity contribution in [2.24, 2.45) is 0 Å². The summed E-state index contributed by atoms with van der Waals surface area (Å²) in [4.78, 5) is 15.7. The van der Waals surface area contributed by atoms with E-state index < -0.39 is 0 Å². The minimum absolute atomic E-state index is 0.361. The highest BCUT2D eigenvalue weighted by Gasteiger charge is 2.16. The number of pyridine rings is 2. The van der Waals surface area contributed by atoms with Gasteiger partial charge in [0, 0.05) is 42.2 Å². The number of methoxy groups -OCH3 is 1. The van der Waals surface area contributed by atoms with E-state index in [1.54, 1.807) is 13.2 Å². The van der Waals surface area contributed by atoms with Crippen LogP contribution in [0.3, 0.4) is 0 Å². The smallest absolute Gasteiger partial charge is 0.277 e. The molecule has 3 rings (SSSR count). The van der Waals surface area contributed by atoms with E-state index in [-0.39, 0.29) is 0 Å². The van der Waals surface area contributed by atoms with Crippen molar-refractivity contribution in [3.8, 4) is 28.7 Å². The van der Waals surface area contributed by atoms with E-state index in [2.05, 4.69) is 38.9 Å². The summed E-state index contributed by atoms with van der Waals surface area (Å²) < 4.78 is 10.9. The van der Waals surface area contributed by atoms with E-state index in [0.717, 1.165) is 35.9 Å². The largest absolute Gasteiger partial charge is 0.497 e. The maximum atomic E-state index is 5.47. The lowest BCUT2D eigenvalue weighted by Gasteiger charge is -2.20. The molecule has 0 radical (unpaired) electrons. The first kappa shape index (κ1) is 17.8. The molecule has 136 valence electrons. The number of aromatic nitrogens is 4. The molecule has 0 unspecified atom stereocenters. The second-order valence-corrected chi connectivity index (χ2v) is 5.98. The molecule has 7 nitrogen and oxygen atoms in total. The minimum Gasteiger partial charge on any atom is -0.497 e. The molecule has 0 amide bonds. The first-order valence-corrected chi connectivity index (χ1v) is 8.64. The van der Waals surface area contributed by atoms with Gasteiger partial charge in [0.2, 0.25) is 5.82 Å². The Bertz CT molecular complexity index is 882. The van der Waals surface area contributed by atoms with Crippen LogP contribution in [0.4, 0.5) is 5.82 Å². The number of anilines is 1. The number of ether oxygens (including phenoxy) is 1. The highest BCUT2D eigenvalue weighted by molar-refractivity contribution is 5.61. The molecule has 0 saturated carbocycles. The predicted octanol–water partition coefficient (Wildman–Crippen LogP) is 3.67. The molecular weight excluding hydrogens is 330 g/mol. The van der Waals surface area contributed by atoms with Gasteiger partial charge in [-0.05, 0) is 39.8 Å². The molecule has 3 heterocycles. The summed E-state index contributed by atoms with van der Waals surface area (Å²) in [5.41, 5.74) is 3.29. The lowest BCUT2D eigenvalue weighted by atomic mass is 10.2. The van der Waals surface area contributed by atoms with Gasteiger partial charge in [0.25, 0.3) is 5.89 Å². The normalized spacial score (nSPS) is 10.8. The van der Waals surface area contributed by atoms with E-state index in [1.165, 1.54) is 0 Å². The number of hydrogen-bond donors (Lipinski definition) is 0. The monoisotopic (exact) mass is 353 g/mol. The van der Waals surface area contributed by atoms with Gasteiger partial charge in [-0.25, -0.2) is 4.98 Å². The molecule has 0 saturated heterocycles. The fourth-order valence-electron chi connectivity index (χ4n) is 2.84. The van der Waals surface area contributed by atoms with Crippen LogP contribution in [0.5, 0.6) is 5.75 Å². The van der Waals surface area contributed by atoms with Gasteiger partial charge >= 0.3 is 0 Å². The highest BCUT2D eigenvalue weighted by atomic mass is 16.5. The van der Waals surface area contributed by atoms with Gasteiger partial charge in [0.05, 0.1) is 7.11 Å². The summed E-state index contributed by atoms with van der Waals surface area (Å²) in [5.74, 6) is 2.40. The first-order chi connectivity index (χ1) is 12.5. The van der Waals surface area contributed by atoms with E-state index >= 15 is 0 Å². The lowest BCUT2D eigenvalue weighted by Crippen LogP contribution is -2.23. The van der Waals surface area contributed by atoms with E-state index in [4.69, 9.17) is 9.26 Å². The molecule has 0 aliphatic heterocycles. The van der Waals surface area contributed by atoms with Gasteiger partial charge in [-0.15, -0.1) is 0 Å². The maximum Gasteiger partial charge on any atom is 0.277 e. The molecular formula is C19H23N5O2. The molecule has 0 fully saturated rings. The average Bonchev–Trinajstić information content (AvgIpc) is 3.12. The Balaban J connectivity index is 2.02. The Morgan fingerprint density at radius 1 is 0.962 bits per heavy atom. The zero-order chi connectivity index (χ0) is 18.7. The molecule has 3 aromatic rings. The second kappa shape index (κ2) is 7.51. The predicted molar refractivity (Wildman–Crippen MR) is 100 cm³/mol. The van der Waals surface area contributed by atoms with Crippen LogP contribution in [0.15, 0.2) is 28.8 Å². The number of nitrogens with zero attached hydrogens (tertiary/aromatic N) is 5. The molecule has 26 heavy (non-hydrogen) atoms. The topological polar surface area (TPSA) is 77.2 Å². The zero-order valence-electron chi connectivity index (χ0n) is 15.8. The fourth-order valence-corrected chi connectivity index (χ4v) is 2.84. The number of rotatable bonds is 6. The van der Waals surface area contributed by atoms with E-state index in [1.807, 2.05) is 32.0 Å². The van der Waals surface area contributed by atoms with Crippen molar-refractivity contribution in [1.29, 1.82) is 0 Å². The van der Waals surface area contributed by atoms with Crippen LogP contribution >= 0.6 is 0 Å². The zero-order valence-corrected chi connectivity index (χ0v) is 15.8. The molecule has 0 aliphatic rings. The maximum absolute atomic E-state index is 5.47. The highest BCUT2D eigenvalue weighted by Crippen LogP contribution is 2.28. The van der Waals surface area contributed by atoms with Crippen molar-refractivity contribution in [3.05, 3.63) is 35.7 Å². The van der Waals surface area contributed by atoms with Crippen molar-refractivity contribution in [2.75, 3.05) is 25.1 Å². The van der Waals surface area contributed by atoms with Crippen molar-refractivity contribution in [1.82, 2.24) is 20.1 Å². The lowest BCUT2D eigenvalue weighted by molar-refractivity contribution is 0.412. The Morgan fingerprint density at radius 3 is 2.27 bits per heavy atom. The van der Waals surface area contributed by atoms with Crippen LogP contribution in [0.25, 0.3) is 23.0 Å². The molecule has 0 bridgehead atoms. The van der Waals surface area contributed by atoms with Crippen LogP contribution in [-0.2, 0) is 0 Å². The van der Waals surface area contributed by atoms with E-state index in [9.17, 15) is 0 Å². The van der Waals surface area contributed by atoms with Gasteiger partial charge in [0.1, 0.15) is 17.3 Å². The third-order valence-corrected chi connectivity index (χ3v) is 4.09. The summed E-state index contributed by atoms with van der Waals surface area (Å²) in [6.07, 6.45) is 0. The number of aryl methyl sites for hydroxylation is 2. The molecule has 0 atom stereocenters. The van der Waals surface area contributed by atoms with Crippen LogP contribution in [0, 0.1) is 13.8 Å². The van der Waals surface area contributed by atoms with Crippen LogP contribution in [-0.4, -0.2) is 40.3 Å². The van der Waals surface area contributed by atoms with Crippen LogP contribution < -0.4 is 9.64 Å². The second-order valence-electron chi connectivity index (χ2n) is 5.98. The molecule has 7 heteroatoms. The molecule has 3 aromatic heterocycles. The molecule has 0 aliphatic carbocycles. The molecule has 0 aromatic carbocycles. The Labute approximate surface area is 153 Å². The summed E-state index contributed by atoms with van der Waals surface area (Å²) in [6, 6.07) is 7.57. The molecule has 0 spiro atoms. The van der Waals surface area contributed by atoms with Gasteiger partial charge in [-0.3, -0.25) is 4.98 Å². The van der Waals surface area contributed by atoms with Crippen molar-refractivity contribution >= 4 is 5.82 Å².